The van der Waals surface area contributed by atoms with Gasteiger partial charge in [0.05, 0.1) is 13.2 Å². The summed E-state index contributed by atoms with van der Waals surface area (Å²) in [5.74, 6) is 0. The Labute approximate surface area is 97.1 Å². The monoisotopic (exact) mass is 252 g/mol. The number of rotatable bonds is 11. The topological polar surface area (TPSA) is 61.8 Å². The highest BCUT2D eigenvalue weighted by Gasteiger charge is 2.25. The molecule has 0 aromatic heterocycles. The molecule has 0 spiro atoms. The average molecular weight is 252 g/mol. The summed E-state index contributed by atoms with van der Waals surface area (Å²) in [5.41, 5.74) is 0. The van der Waals surface area contributed by atoms with E-state index >= 15 is 0 Å². The van der Waals surface area contributed by atoms with E-state index in [1.807, 2.05) is 13.8 Å². The minimum atomic E-state index is -3.53. The Morgan fingerprint density at radius 3 is 1.88 bits per heavy atom. The Balaban J connectivity index is 4.02. The van der Waals surface area contributed by atoms with Crippen molar-refractivity contribution < 1.29 is 22.9 Å². The third-order valence-electron chi connectivity index (χ3n) is 1.80. The molecule has 0 radical (unpaired) electrons. The summed E-state index contributed by atoms with van der Waals surface area (Å²) in [5, 5.41) is 0. The summed E-state index contributed by atoms with van der Waals surface area (Å²) in [6.45, 7) is 4.37. The van der Waals surface area contributed by atoms with Gasteiger partial charge in [-0.2, -0.15) is 0 Å². The first-order chi connectivity index (χ1) is 7.68. The number of phosphoric acid groups is 1. The van der Waals surface area contributed by atoms with Crippen LogP contribution in [0.1, 0.15) is 39.5 Å². The molecule has 0 aromatic carbocycles. The second-order valence-electron chi connectivity index (χ2n) is 3.28. The molecule has 0 aliphatic carbocycles. The summed E-state index contributed by atoms with van der Waals surface area (Å²) >= 11 is 0. The lowest BCUT2D eigenvalue weighted by Crippen LogP contribution is -2.04. The zero-order chi connectivity index (χ0) is 12.3. The standard InChI is InChI=1S/C10H21O5P/c1-3-5-8-13-16(12,15-10-7-11)14-9-6-4-2/h7H,3-6,8-10H2,1-2H3. The molecule has 6 heteroatoms. The first kappa shape index (κ1) is 15.8. The lowest BCUT2D eigenvalue weighted by atomic mass is 10.4. The number of hydrogen-bond acceptors (Lipinski definition) is 5. The van der Waals surface area contributed by atoms with Crippen molar-refractivity contribution in [3.05, 3.63) is 0 Å². The van der Waals surface area contributed by atoms with E-state index in [-0.39, 0.29) is 6.61 Å². The Kier molecular flexibility index (Phi) is 9.83. The van der Waals surface area contributed by atoms with Crippen LogP contribution < -0.4 is 0 Å². The van der Waals surface area contributed by atoms with E-state index in [1.165, 1.54) is 0 Å². The molecule has 0 rings (SSSR count). The van der Waals surface area contributed by atoms with E-state index in [9.17, 15) is 9.36 Å². The molecule has 0 amide bonds. The molecule has 0 aliphatic heterocycles. The Hall–Kier alpha value is -0.220. The fourth-order valence-electron chi connectivity index (χ4n) is 0.875. The molecule has 0 saturated carbocycles. The van der Waals surface area contributed by atoms with Gasteiger partial charge in [-0.3, -0.25) is 13.6 Å². The highest BCUT2D eigenvalue weighted by atomic mass is 31.2. The summed E-state index contributed by atoms with van der Waals surface area (Å²) in [6.07, 6.45) is 3.96. The average Bonchev–Trinajstić information content (AvgIpc) is 2.27. The fourth-order valence-corrected chi connectivity index (χ4v) is 2.05. The lowest BCUT2D eigenvalue weighted by molar-refractivity contribution is -0.110. The van der Waals surface area contributed by atoms with E-state index in [0.717, 1.165) is 25.7 Å². The van der Waals surface area contributed by atoms with Gasteiger partial charge in [0.15, 0.2) is 0 Å². The van der Waals surface area contributed by atoms with Crippen LogP contribution in [0.2, 0.25) is 0 Å². The third-order valence-corrected chi connectivity index (χ3v) is 3.26. The molecule has 5 nitrogen and oxygen atoms in total. The van der Waals surface area contributed by atoms with Crippen molar-refractivity contribution in [1.29, 1.82) is 0 Å². The lowest BCUT2D eigenvalue weighted by Gasteiger charge is -2.16. The van der Waals surface area contributed by atoms with Crippen molar-refractivity contribution in [3.63, 3.8) is 0 Å². The first-order valence-corrected chi connectivity index (χ1v) is 7.12. The molecule has 0 heterocycles. The van der Waals surface area contributed by atoms with Gasteiger partial charge in [0.1, 0.15) is 12.9 Å². The van der Waals surface area contributed by atoms with Crippen molar-refractivity contribution in [2.24, 2.45) is 0 Å². The van der Waals surface area contributed by atoms with Gasteiger partial charge in [0.2, 0.25) is 0 Å². The molecule has 0 aromatic rings. The van der Waals surface area contributed by atoms with Crippen LogP contribution in [0.3, 0.4) is 0 Å². The van der Waals surface area contributed by atoms with Crippen LogP contribution in [0.4, 0.5) is 0 Å². The van der Waals surface area contributed by atoms with E-state index in [4.69, 9.17) is 13.6 Å². The van der Waals surface area contributed by atoms with Crippen molar-refractivity contribution in [2.75, 3.05) is 19.8 Å². The highest BCUT2D eigenvalue weighted by Crippen LogP contribution is 2.49. The van der Waals surface area contributed by atoms with Crippen LogP contribution in [0.5, 0.6) is 0 Å². The molecule has 0 N–H and O–H groups in total. The van der Waals surface area contributed by atoms with Crippen molar-refractivity contribution >= 4 is 14.1 Å². The zero-order valence-corrected chi connectivity index (χ0v) is 10.9. The van der Waals surface area contributed by atoms with Gasteiger partial charge in [-0.15, -0.1) is 0 Å². The maximum absolute atomic E-state index is 11.9. The van der Waals surface area contributed by atoms with Crippen molar-refractivity contribution in [3.8, 4) is 0 Å². The van der Waals surface area contributed by atoms with Crippen LogP contribution in [0, 0.1) is 0 Å². The minimum absolute atomic E-state index is 0.268. The van der Waals surface area contributed by atoms with Crippen molar-refractivity contribution in [2.45, 2.75) is 39.5 Å². The van der Waals surface area contributed by atoms with E-state index < -0.39 is 7.82 Å². The molecule has 0 unspecified atom stereocenters. The summed E-state index contributed by atoms with van der Waals surface area (Å²) in [6, 6.07) is 0. The molecule has 16 heavy (non-hydrogen) atoms. The Bertz CT molecular complexity index is 205. The number of aldehydes is 1. The van der Waals surface area contributed by atoms with Crippen LogP contribution in [0.25, 0.3) is 0 Å². The summed E-state index contributed by atoms with van der Waals surface area (Å²) in [7, 11) is -3.53. The molecular formula is C10H21O5P. The number of carbonyl (C=O) groups excluding carboxylic acids is 1. The molecule has 0 atom stereocenters. The first-order valence-electron chi connectivity index (χ1n) is 5.65. The zero-order valence-electron chi connectivity index (χ0n) is 10.0. The summed E-state index contributed by atoms with van der Waals surface area (Å²) < 4.78 is 26.9. The van der Waals surface area contributed by atoms with Crippen LogP contribution in [0.15, 0.2) is 0 Å². The van der Waals surface area contributed by atoms with Gasteiger partial charge in [-0.1, -0.05) is 26.7 Å². The number of hydrogen-bond donors (Lipinski definition) is 0. The number of phosphoric ester groups is 1. The number of unbranched alkanes of at least 4 members (excludes halogenated alkanes) is 2. The Morgan fingerprint density at radius 1 is 1.00 bits per heavy atom. The normalized spacial score (nSPS) is 11.6. The van der Waals surface area contributed by atoms with Gasteiger partial charge in [-0.05, 0) is 12.8 Å². The maximum Gasteiger partial charge on any atom is 0.475 e. The van der Waals surface area contributed by atoms with Gasteiger partial charge >= 0.3 is 7.82 Å². The van der Waals surface area contributed by atoms with Gasteiger partial charge in [-0.25, -0.2) is 4.57 Å². The summed E-state index contributed by atoms with van der Waals surface area (Å²) in [4.78, 5) is 10.2. The predicted molar refractivity (Wildman–Crippen MR) is 61.3 cm³/mol. The maximum atomic E-state index is 11.9. The third kappa shape index (κ3) is 7.99. The number of carbonyl (C=O) groups is 1. The molecule has 0 bridgehead atoms. The van der Waals surface area contributed by atoms with Gasteiger partial charge in [0.25, 0.3) is 0 Å². The van der Waals surface area contributed by atoms with Crippen LogP contribution in [-0.2, 0) is 22.9 Å². The van der Waals surface area contributed by atoms with Crippen LogP contribution in [-0.4, -0.2) is 26.1 Å². The smallest absolute Gasteiger partial charge is 0.301 e. The molecule has 0 fully saturated rings. The quantitative estimate of drug-likeness (QED) is 0.321. The second kappa shape index (κ2) is 9.97. The fraction of sp³-hybridized carbons (Fsp3) is 0.900. The predicted octanol–water partition coefficient (Wildman–Crippen LogP) is 2.94. The minimum Gasteiger partial charge on any atom is -0.301 e. The van der Waals surface area contributed by atoms with Gasteiger partial charge in [0, 0.05) is 0 Å². The van der Waals surface area contributed by atoms with Gasteiger partial charge < -0.3 is 4.79 Å². The second-order valence-corrected chi connectivity index (χ2v) is 4.95. The SMILES string of the molecule is CCCCOP(=O)(OCC=O)OCCCC. The van der Waals surface area contributed by atoms with E-state index in [2.05, 4.69) is 0 Å². The molecule has 0 aliphatic rings. The van der Waals surface area contributed by atoms with E-state index in [1.54, 1.807) is 0 Å². The Morgan fingerprint density at radius 2 is 1.50 bits per heavy atom. The molecule has 0 saturated heterocycles. The van der Waals surface area contributed by atoms with E-state index in [0.29, 0.717) is 19.5 Å². The highest BCUT2D eigenvalue weighted by molar-refractivity contribution is 7.48. The largest absolute Gasteiger partial charge is 0.475 e. The van der Waals surface area contributed by atoms with Crippen molar-refractivity contribution in [1.82, 2.24) is 0 Å². The molecular weight excluding hydrogens is 231 g/mol. The molecule has 96 valence electrons. The van der Waals surface area contributed by atoms with Crippen LogP contribution >= 0.6 is 7.82 Å².